The number of ether oxygens (including phenoxy) is 1. The van der Waals surface area contributed by atoms with Gasteiger partial charge in [-0.05, 0) is 26.2 Å². The summed E-state index contributed by atoms with van der Waals surface area (Å²) in [5.41, 5.74) is -1.17. The second-order valence-electron chi connectivity index (χ2n) is 8.53. The fourth-order valence-electron chi connectivity index (χ4n) is 5.53. The van der Waals surface area contributed by atoms with Gasteiger partial charge in [0.1, 0.15) is 11.6 Å². The zero-order chi connectivity index (χ0) is 22.2. The maximum atomic E-state index is 13.9. The van der Waals surface area contributed by atoms with Crippen LogP contribution in [-0.4, -0.2) is 86.1 Å². The van der Waals surface area contributed by atoms with E-state index in [1.54, 1.807) is 11.0 Å². The molecular weight excluding hydrogens is 456 g/mol. The molecule has 3 fully saturated rings. The Labute approximate surface area is 185 Å². The third-order valence-corrected chi connectivity index (χ3v) is 7.56. The van der Waals surface area contributed by atoms with Crippen LogP contribution in [0.3, 0.4) is 0 Å². The number of carboxylic acid groups (broad SMARTS) is 1. The van der Waals surface area contributed by atoms with E-state index >= 15 is 0 Å². The molecule has 2 unspecified atom stereocenters. The van der Waals surface area contributed by atoms with Crippen LogP contribution < -0.4 is 0 Å². The molecule has 3 heterocycles. The molecule has 0 aliphatic carbocycles. The van der Waals surface area contributed by atoms with E-state index in [9.17, 15) is 24.6 Å². The number of likely N-dealkylation sites (tertiary alicyclic amines) is 1. The number of aliphatic hydroxyl groups excluding tert-OH is 1. The number of carbonyl (C=O) groups excluding carboxylic acids is 2. The van der Waals surface area contributed by atoms with Gasteiger partial charge in [0.05, 0.1) is 17.9 Å². The number of fused-ring (bicyclic) bond motifs is 1. The standard InChI is InChI=1S/C21H31BrN2O6/c1-4-7-12(3)23(8-5-2)19(27)17-21-11-13(22)16(30-21)14(20(28)29)15(21)18(26)24(17)9-6-10-25/h5,12-17,25H,2,4,6-11H2,1,3H3,(H,28,29)/t12?,13?,14-,15+,16-,17-,21+/m0/s1. The van der Waals surface area contributed by atoms with Crippen LogP contribution in [0.5, 0.6) is 0 Å². The first-order valence-electron chi connectivity index (χ1n) is 10.6. The molecule has 2 bridgehead atoms. The lowest BCUT2D eigenvalue weighted by atomic mass is 9.70. The molecule has 168 valence electrons. The monoisotopic (exact) mass is 486 g/mol. The van der Waals surface area contributed by atoms with E-state index in [1.165, 1.54) is 4.90 Å². The molecule has 3 saturated heterocycles. The van der Waals surface area contributed by atoms with Crippen LogP contribution in [0.25, 0.3) is 0 Å². The molecule has 3 aliphatic rings. The fraction of sp³-hybridized carbons (Fsp3) is 0.762. The Bertz CT molecular complexity index is 718. The Kier molecular flexibility index (Phi) is 6.94. The highest BCUT2D eigenvalue weighted by Gasteiger charge is 2.76. The second-order valence-corrected chi connectivity index (χ2v) is 9.70. The summed E-state index contributed by atoms with van der Waals surface area (Å²) in [4.78, 5) is 42.2. The number of carbonyl (C=O) groups is 3. The van der Waals surface area contributed by atoms with Gasteiger partial charge in [-0.3, -0.25) is 14.4 Å². The van der Waals surface area contributed by atoms with Crippen LogP contribution in [-0.2, 0) is 19.1 Å². The van der Waals surface area contributed by atoms with Crippen LogP contribution in [0.1, 0.15) is 39.5 Å². The number of alkyl halides is 1. The van der Waals surface area contributed by atoms with Crippen LogP contribution in [0.2, 0.25) is 0 Å². The first-order valence-corrected chi connectivity index (χ1v) is 11.5. The van der Waals surface area contributed by atoms with Crippen molar-refractivity contribution in [3.8, 4) is 0 Å². The Balaban J connectivity index is 2.04. The highest BCUT2D eigenvalue weighted by Crippen LogP contribution is 2.60. The summed E-state index contributed by atoms with van der Waals surface area (Å²) >= 11 is 3.53. The second kappa shape index (κ2) is 8.96. The molecule has 2 N–H and O–H groups in total. The van der Waals surface area contributed by atoms with E-state index in [0.717, 1.165) is 12.8 Å². The predicted molar refractivity (Wildman–Crippen MR) is 113 cm³/mol. The van der Waals surface area contributed by atoms with Gasteiger partial charge in [0.2, 0.25) is 11.8 Å². The van der Waals surface area contributed by atoms with Gasteiger partial charge >= 0.3 is 5.97 Å². The number of halogens is 1. The van der Waals surface area contributed by atoms with Crippen molar-refractivity contribution in [2.75, 3.05) is 19.7 Å². The van der Waals surface area contributed by atoms with Gasteiger partial charge in [0.15, 0.2) is 0 Å². The minimum atomic E-state index is -1.17. The van der Waals surface area contributed by atoms with Gasteiger partial charge in [-0.2, -0.15) is 0 Å². The molecule has 0 saturated carbocycles. The molecule has 3 aliphatic heterocycles. The Hall–Kier alpha value is -1.45. The van der Waals surface area contributed by atoms with Crippen LogP contribution in [0.4, 0.5) is 0 Å². The lowest BCUT2D eigenvalue weighted by Gasteiger charge is -2.39. The van der Waals surface area contributed by atoms with Crippen molar-refractivity contribution in [3.63, 3.8) is 0 Å². The van der Waals surface area contributed by atoms with E-state index in [0.29, 0.717) is 19.4 Å². The summed E-state index contributed by atoms with van der Waals surface area (Å²) in [5, 5.41) is 19.2. The van der Waals surface area contributed by atoms with Crippen LogP contribution in [0, 0.1) is 11.8 Å². The largest absolute Gasteiger partial charge is 0.481 e. The lowest BCUT2D eigenvalue weighted by molar-refractivity contribution is -0.151. The fourth-order valence-corrected chi connectivity index (χ4v) is 6.47. The number of hydrogen-bond acceptors (Lipinski definition) is 5. The quantitative estimate of drug-likeness (QED) is 0.357. The lowest BCUT2D eigenvalue weighted by Crippen LogP contribution is -2.58. The van der Waals surface area contributed by atoms with Crippen LogP contribution in [0.15, 0.2) is 12.7 Å². The molecule has 0 aromatic rings. The van der Waals surface area contributed by atoms with Crippen molar-refractivity contribution < 1.29 is 29.3 Å². The molecule has 7 atom stereocenters. The number of aliphatic carboxylic acids is 1. The van der Waals surface area contributed by atoms with E-state index in [4.69, 9.17) is 4.74 Å². The molecule has 8 nitrogen and oxygen atoms in total. The molecular formula is C21H31BrN2O6. The predicted octanol–water partition coefficient (Wildman–Crippen LogP) is 1.40. The molecule has 30 heavy (non-hydrogen) atoms. The van der Waals surface area contributed by atoms with Gasteiger partial charge < -0.3 is 24.7 Å². The summed E-state index contributed by atoms with van der Waals surface area (Å²) in [5.74, 6) is -3.57. The summed E-state index contributed by atoms with van der Waals surface area (Å²) in [6.45, 7) is 8.17. The number of rotatable bonds is 10. The van der Waals surface area contributed by atoms with E-state index in [2.05, 4.69) is 22.5 Å². The zero-order valence-corrected chi connectivity index (χ0v) is 19.1. The Morgan fingerprint density at radius 3 is 2.77 bits per heavy atom. The number of amides is 2. The number of hydrogen-bond donors (Lipinski definition) is 2. The third-order valence-electron chi connectivity index (χ3n) is 6.71. The summed E-state index contributed by atoms with van der Waals surface area (Å²) in [6.07, 6.45) is 3.42. The number of carboxylic acids is 1. The summed E-state index contributed by atoms with van der Waals surface area (Å²) in [7, 11) is 0. The summed E-state index contributed by atoms with van der Waals surface area (Å²) in [6, 6.07) is -0.963. The van der Waals surface area contributed by atoms with Gasteiger partial charge in [-0.15, -0.1) is 6.58 Å². The SMILES string of the molecule is C=CCN(C(=O)[C@@H]1N(CCCO)C(=O)[C@H]2[C@H](C(=O)O)[C@H]3O[C@@]12CC3Br)C(C)CCC. The minimum Gasteiger partial charge on any atom is -0.481 e. The smallest absolute Gasteiger partial charge is 0.310 e. The molecule has 0 aromatic heterocycles. The number of nitrogens with zero attached hydrogens (tertiary/aromatic N) is 2. The first kappa shape index (κ1) is 23.2. The van der Waals surface area contributed by atoms with Gasteiger partial charge in [-0.1, -0.05) is 35.4 Å². The average Bonchev–Trinajstić information content (AvgIpc) is 3.27. The van der Waals surface area contributed by atoms with Crippen molar-refractivity contribution in [3.05, 3.63) is 12.7 Å². The topological polar surface area (TPSA) is 107 Å². The van der Waals surface area contributed by atoms with E-state index in [1.807, 2.05) is 13.8 Å². The van der Waals surface area contributed by atoms with Crippen LogP contribution >= 0.6 is 15.9 Å². The van der Waals surface area contributed by atoms with E-state index < -0.39 is 35.6 Å². The highest BCUT2D eigenvalue weighted by atomic mass is 79.9. The van der Waals surface area contributed by atoms with Crippen molar-refractivity contribution in [2.24, 2.45) is 11.8 Å². The maximum Gasteiger partial charge on any atom is 0.310 e. The van der Waals surface area contributed by atoms with Crippen molar-refractivity contribution in [2.45, 2.75) is 68.1 Å². The Morgan fingerprint density at radius 2 is 2.20 bits per heavy atom. The molecule has 3 rings (SSSR count). The molecule has 2 amide bonds. The van der Waals surface area contributed by atoms with Gasteiger partial charge in [0, 0.05) is 30.6 Å². The average molecular weight is 487 g/mol. The Morgan fingerprint density at radius 1 is 1.50 bits per heavy atom. The normalized spacial score (nSPS) is 35.4. The molecule has 0 radical (unpaired) electrons. The maximum absolute atomic E-state index is 13.9. The van der Waals surface area contributed by atoms with Crippen molar-refractivity contribution >= 4 is 33.7 Å². The zero-order valence-electron chi connectivity index (χ0n) is 17.5. The highest BCUT2D eigenvalue weighted by molar-refractivity contribution is 9.09. The summed E-state index contributed by atoms with van der Waals surface area (Å²) < 4.78 is 6.23. The van der Waals surface area contributed by atoms with E-state index in [-0.39, 0.29) is 35.8 Å². The van der Waals surface area contributed by atoms with Crippen molar-refractivity contribution in [1.82, 2.24) is 9.80 Å². The minimum absolute atomic E-state index is 0.0561. The third kappa shape index (κ3) is 3.48. The van der Waals surface area contributed by atoms with Gasteiger partial charge in [0.25, 0.3) is 0 Å². The van der Waals surface area contributed by atoms with Gasteiger partial charge in [-0.25, -0.2) is 0 Å². The molecule has 0 aromatic carbocycles. The molecule has 9 heteroatoms. The van der Waals surface area contributed by atoms with Crippen molar-refractivity contribution in [1.29, 1.82) is 0 Å². The first-order chi connectivity index (χ1) is 14.2. The molecule has 1 spiro atoms. The number of aliphatic hydroxyl groups is 1.